The largest absolute Gasteiger partial charge is 0.497 e. The highest BCUT2D eigenvalue weighted by Crippen LogP contribution is 2.24. The summed E-state index contributed by atoms with van der Waals surface area (Å²) < 4.78 is 26.2. The Morgan fingerprint density at radius 1 is 0.897 bits per heavy atom. The molecule has 2 aromatic carbocycles. The van der Waals surface area contributed by atoms with Crippen LogP contribution in [0.5, 0.6) is 17.2 Å². The fourth-order valence-electron chi connectivity index (χ4n) is 2.94. The Morgan fingerprint density at radius 3 is 2.24 bits per heavy atom. The minimum Gasteiger partial charge on any atom is -0.497 e. The van der Waals surface area contributed by atoms with Crippen LogP contribution in [0, 0.1) is 0 Å². The number of ether oxygens (including phenoxy) is 4. The molecule has 0 aliphatic rings. The van der Waals surface area contributed by atoms with Crippen molar-refractivity contribution < 1.29 is 28.2 Å². The number of methoxy groups -OCH3 is 3. The topological polar surface area (TPSA) is 84.2 Å². The molecule has 0 saturated carbocycles. The summed E-state index contributed by atoms with van der Waals surface area (Å²) in [7, 11) is 4.68. The highest BCUT2D eigenvalue weighted by molar-refractivity contribution is 5.81. The number of hydrogen-bond donors (Lipinski definition) is 0. The average molecular weight is 398 g/mol. The van der Waals surface area contributed by atoms with E-state index >= 15 is 0 Å². The molecule has 1 heterocycles. The molecule has 0 radical (unpaired) electrons. The predicted molar refractivity (Wildman–Crippen MR) is 107 cm³/mol. The highest BCUT2D eigenvalue weighted by Gasteiger charge is 2.11. The number of rotatable bonds is 8. The van der Waals surface area contributed by atoms with Crippen molar-refractivity contribution >= 4 is 16.9 Å². The average Bonchev–Trinajstić information content (AvgIpc) is 2.74. The van der Waals surface area contributed by atoms with E-state index in [1.165, 1.54) is 13.2 Å². The number of esters is 1. The van der Waals surface area contributed by atoms with Crippen LogP contribution in [0.25, 0.3) is 11.0 Å². The molecule has 0 saturated heterocycles. The maximum atomic E-state index is 12.2. The van der Waals surface area contributed by atoms with E-state index < -0.39 is 5.63 Å². The van der Waals surface area contributed by atoms with Crippen LogP contribution in [-0.2, 0) is 22.6 Å². The maximum Gasteiger partial charge on any atom is 0.336 e. The smallest absolute Gasteiger partial charge is 0.336 e. The van der Waals surface area contributed by atoms with Crippen molar-refractivity contribution in [3.63, 3.8) is 0 Å². The molecule has 152 valence electrons. The number of carbonyl (C=O) groups is 1. The van der Waals surface area contributed by atoms with Gasteiger partial charge in [0.25, 0.3) is 0 Å². The third-order valence-electron chi connectivity index (χ3n) is 4.46. The molecule has 0 aliphatic carbocycles. The van der Waals surface area contributed by atoms with E-state index in [4.69, 9.17) is 23.4 Å². The van der Waals surface area contributed by atoms with Gasteiger partial charge >= 0.3 is 11.6 Å². The first-order valence-electron chi connectivity index (χ1n) is 9.00. The Bertz CT molecular complexity index is 1050. The lowest BCUT2D eigenvalue weighted by molar-refractivity contribution is -0.144. The monoisotopic (exact) mass is 398 g/mol. The van der Waals surface area contributed by atoms with E-state index in [1.54, 1.807) is 38.5 Å². The van der Waals surface area contributed by atoms with Crippen LogP contribution in [-0.4, -0.2) is 27.3 Å². The maximum absolute atomic E-state index is 12.2. The van der Waals surface area contributed by atoms with Gasteiger partial charge in [-0.3, -0.25) is 4.79 Å². The van der Waals surface area contributed by atoms with Gasteiger partial charge in [0, 0.05) is 35.6 Å². The minimum atomic E-state index is -0.514. The minimum absolute atomic E-state index is 0.0192. The fraction of sp³-hybridized carbons (Fsp3) is 0.273. The van der Waals surface area contributed by atoms with Crippen molar-refractivity contribution in [2.45, 2.75) is 19.4 Å². The van der Waals surface area contributed by atoms with Crippen LogP contribution in [0.15, 0.2) is 51.7 Å². The first kappa shape index (κ1) is 20.3. The predicted octanol–water partition coefficient (Wildman–Crippen LogP) is 3.49. The van der Waals surface area contributed by atoms with Gasteiger partial charge < -0.3 is 23.4 Å². The Balaban J connectivity index is 1.66. The van der Waals surface area contributed by atoms with Crippen LogP contribution in [0.1, 0.15) is 17.5 Å². The van der Waals surface area contributed by atoms with Crippen LogP contribution in [0.2, 0.25) is 0 Å². The summed E-state index contributed by atoms with van der Waals surface area (Å²) in [6, 6.07) is 11.9. The zero-order valence-electron chi connectivity index (χ0n) is 16.5. The van der Waals surface area contributed by atoms with Gasteiger partial charge in [0.2, 0.25) is 0 Å². The van der Waals surface area contributed by atoms with E-state index in [0.717, 1.165) is 5.56 Å². The van der Waals surface area contributed by atoms with Crippen molar-refractivity contribution in [3.8, 4) is 17.2 Å². The molecule has 0 fully saturated rings. The Kier molecular flexibility index (Phi) is 6.39. The summed E-state index contributed by atoms with van der Waals surface area (Å²) in [5.41, 5.74) is 1.35. The Hall–Kier alpha value is -3.48. The molecule has 29 heavy (non-hydrogen) atoms. The molecule has 0 N–H and O–H groups in total. The van der Waals surface area contributed by atoms with E-state index in [1.807, 2.05) is 12.1 Å². The van der Waals surface area contributed by atoms with Crippen LogP contribution >= 0.6 is 0 Å². The second kappa shape index (κ2) is 9.14. The molecule has 3 rings (SSSR count). The standard InChI is InChI=1S/C22H22O7/c1-25-16-5-6-19-15(10-22(24)29-20(19)12-16)13-28-21(23)7-4-14-8-17(26-2)11-18(9-14)27-3/h5-6,8-12H,4,7,13H2,1-3H3. The normalized spacial score (nSPS) is 10.6. The van der Waals surface area contributed by atoms with E-state index in [-0.39, 0.29) is 19.0 Å². The molecule has 3 aromatic rings. The van der Waals surface area contributed by atoms with Gasteiger partial charge in [-0.05, 0) is 36.2 Å². The van der Waals surface area contributed by atoms with Gasteiger partial charge in [0.15, 0.2) is 0 Å². The van der Waals surface area contributed by atoms with Gasteiger partial charge in [0.05, 0.1) is 21.3 Å². The lowest BCUT2D eigenvalue weighted by Gasteiger charge is -2.10. The molecular formula is C22H22O7. The second-order valence-electron chi connectivity index (χ2n) is 6.33. The van der Waals surface area contributed by atoms with E-state index in [0.29, 0.717) is 40.2 Å². The number of carbonyl (C=O) groups excluding carboxylic acids is 1. The van der Waals surface area contributed by atoms with Crippen molar-refractivity contribution in [3.05, 3.63) is 64.0 Å². The Morgan fingerprint density at radius 2 is 1.59 bits per heavy atom. The molecule has 0 atom stereocenters. The van der Waals surface area contributed by atoms with Gasteiger partial charge in [0.1, 0.15) is 29.4 Å². The molecule has 0 bridgehead atoms. The van der Waals surface area contributed by atoms with Gasteiger partial charge in [-0.2, -0.15) is 0 Å². The first-order valence-corrected chi connectivity index (χ1v) is 9.00. The second-order valence-corrected chi connectivity index (χ2v) is 6.33. The molecule has 0 spiro atoms. The van der Waals surface area contributed by atoms with Gasteiger partial charge in [-0.15, -0.1) is 0 Å². The zero-order chi connectivity index (χ0) is 20.8. The third kappa shape index (κ3) is 5.07. The first-order chi connectivity index (χ1) is 14.0. The quantitative estimate of drug-likeness (QED) is 0.424. The summed E-state index contributed by atoms with van der Waals surface area (Å²) in [6.45, 7) is -0.0192. The summed E-state index contributed by atoms with van der Waals surface area (Å²) in [5, 5.41) is 0.690. The molecule has 0 aliphatic heterocycles. The zero-order valence-corrected chi connectivity index (χ0v) is 16.5. The summed E-state index contributed by atoms with van der Waals surface area (Å²) in [5.74, 6) is 1.52. The molecule has 0 amide bonds. The molecule has 0 unspecified atom stereocenters. The lowest BCUT2D eigenvalue weighted by Crippen LogP contribution is -2.08. The Labute approximate surface area is 167 Å². The number of fused-ring (bicyclic) bond motifs is 1. The van der Waals surface area contributed by atoms with Crippen molar-refractivity contribution in [2.24, 2.45) is 0 Å². The molecular weight excluding hydrogens is 376 g/mol. The summed E-state index contributed by atoms with van der Waals surface area (Å²) in [4.78, 5) is 24.0. The van der Waals surface area contributed by atoms with Crippen LogP contribution < -0.4 is 19.8 Å². The lowest BCUT2D eigenvalue weighted by atomic mass is 10.1. The SMILES string of the molecule is COc1cc(CCC(=O)OCc2cc(=O)oc3cc(OC)ccc23)cc(OC)c1. The van der Waals surface area contributed by atoms with Crippen molar-refractivity contribution in [1.29, 1.82) is 0 Å². The molecule has 7 heteroatoms. The molecule has 1 aromatic heterocycles. The van der Waals surface area contributed by atoms with Gasteiger partial charge in [-0.1, -0.05) is 0 Å². The number of benzene rings is 2. The van der Waals surface area contributed by atoms with Crippen molar-refractivity contribution in [2.75, 3.05) is 21.3 Å². The highest BCUT2D eigenvalue weighted by atomic mass is 16.5. The van der Waals surface area contributed by atoms with E-state index in [9.17, 15) is 9.59 Å². The molecule has 7 nitrogen and oxygen atoms in total. The van der Waals surface area contributed by atoms with Crippen molar-refractivity contribution in [1.82, 2.24) is 0 Å². The number of aryl methyl sites for hydroxylation is 1. The number of hydrogen-bond acceptors (Lipinski definition) is 7. The fourth-order valence-corrected chi connectivity index (χ4v) is 2.94. The van der Waals surface area contributed by atoms with Gasteiger partial charge in [-0.25, -0.2) is 4.79 Å². The third-order valence-corrected chi connectivity index (χ3v) is 4.46. The van der Waals surface area contributed by atoms with Crippen LogP contribution in [0.3, 0.4) is 0 Å². The van der Waals surface area contributed by atoms with E-state index in [2.05, 4.69) is 0 Å². The summed E-state index contributed by atoms with van der Waals surface area (Å²) >= 11 is 0. The van der Waals surface area contributed by atoms with Crippen LogP contribution in [0.4, 0.5) is 0 Å². The summed E-state index contributed by atoms with van der Waals surface area (Å²) in [6.07, 6.45) is 0.658.